The molecule has 2 aromatic carbocycles. The van der Waals surface area contributed by atoms with Crippen molar-refractivity contribution in [2.45, 2.75) is 33.1 Å². The summed E-state index contributed by atoms with van der Waals surface area (Å²) in [6.45, 7) is 3.35. The summed E-state index contributed by atoms with van der Waals surface area (Å²) in [5.41, 5.74) is 1.68. The second kappa shape index (κ2) is 9.88. The molecule has 1 aliphatic carbocycles. The van der Waals surface area contributed by atoms with Crippen LogP contribution in [0.2, 0.25) is 5.02 Å². The summed E-state index contributed by atoms with van der Waals surface area (Å²) in [4.78, 5) is 51.9. The Labute approximate surface area is 210 Å². The van der Waals surface area contributed by atoms with Crippen molar-refractivity contribution in [2.24, 2.45) is 17.8 Å². The summed E-state index contributed by atoms with van der Waals surface area (Å²) in [6.07, 6.45) is 2.33. The first-order chi connectivity index (χ1) is 16.2. The van der Waals surface area contributed by atoms with E-state index in [1.165, 1.54) is 17.0 Å². The number of anilines is 2. The van der Waals surface area contributed by atoms with Gasteiger partial charge in [-0.1, -0.05) is 24.6 Å². The Morgan fingerprint density at radius 3 is 2.65 bits per heavy atom. The van der Waals surface area contributed by atoms with Crippen LogP contribution in [0.15, 0.2) is 40.9 Å². The zero-order valence-electron chi connectivity index (χ0n) is 18.8. The summed E-state index contributed by atoms with van der Waals surface area (Å²) in [5.74, 6) is -1.86. The molecule has 2 fully saturated rings. The number of amides is 3. The number of fused-ring (bicyclic) bond motifs is 1. The topological polar surface area (TPSA) is 92.8 Å². The molecule has 178 valence electrons. The predicted molar refractivity (Wildman–Crippen MR) is 132 cm³/mol. The molecule has 1 N–H and O–H groups in total. The minimum absolute atomic E-state index is 0.150. The fourth-order valence-corrected chi connectivity index (χ4v) is 5.20. The Morgan fingerprint density at radius 1 is 1.15 bits per heavy atom. The third kappa shape index (κ3) is 4.74. The highest BCUT2D eigenvalue weighted by molar-refractivity contribution is 9.10. The van der Waals surface area contributed by atoms with Crippen molar-refractivity contribution in [1.82, 2.24) is 0 Å². The van der Waals surface area contributed by atoms with Crippen LogP contribution in [0.4, 0.5) is 11.4 Å². The third-order valence-electron chi connectivity index (χ3n) is 6.48. The number of nitrogens with zero attached hydrogens (tertiary/aromatic N) is 1. The predicted octanol–water partition coefficient (Wildman–Crippen LogP) is 5.13. The van der Waals surface area contributed by atoms with Crippen LogP contribution in [0.1, 0.15) is 42.1 Å². The van der Waals surface area contributed by atoms with Crippen molar-refractivity contribution in [3.8, 4) is 0 Å². The number of esters is 1. The average molecular weight is 548 g/mol. The molecule has 2 aromatic rings. The van der Waals surface area contributed by atoms with Crippen LogP contribution in [-0.2, 0) is 19.1 Å². The summed E-state index contributed by atoms with van der Waals surface area (Å²) in [7, 11) is 0. The molecule has 0 aromatic heterocycles. The maximum atomic E-state index is 13.0. The van der Waals surface area contributed by atoms with Crippen LogP contribution in [0.25, 0.3) is 0 Å². The maximum absolute atomic E-state index is 13.0. The molecule has 2 aliphatic rings. The highest BCUT2D eigenvalue weighted by atomic mass is 79.9. The summed E-state index contributed by atoms with van der Waals surface area (Å²) in [6, 6.07) is 9.58. The molecular weight excluding hydrogens is 524 g/mol. The highest BCUT2D eigenvalue weighted by Gasteiger charge is 2.50. The van der Waals surface area contributed by atoms with E-state index in [0.29, 0.717) is 45.2 Å². The van der Waals surface area contributed by atoms with Crippen LogP contribution < -0.4 is 10.2 Å². The lowest BCUT2D eigenvalue weighted by atomic mass is 9.76. The summed E-state index contributed by atoms with van der Waals surface area (Å²) in [5, 5.41) is 3.14. The van der Waals surface area contributed by atoms with Crippen LogP contribution in [0.5, 0.6) is 0 Å². The summed E-state index contributed by atoms with van der Waals surface area (Å²) >= 11 is 9.49. The van der Waals surface area contributed by atoms with Gasteiger partial charge in [-0.2, -0.15) is 0 Å². The van der Waals surface area contributed by atoms with Gasteiger partial charge in [0, 0.05) is 10.2 Å². The molecule has 34 heavy (non-hydrogen) atoms. The number of carbonyl (C=O) groups excluding carboxylic acids is 4. The fourth-order valence-electron chi connectivity index (χ4n) is 4.60. The van der Waals surface area contributed by atoms with Crippen LogP contribution in [0.3, 0.4) is 0 Å². The van der Waals surface area contributed by atoms with Gasteiger partial charge in [0.05, 0.1) is 28.1 Å². The zero-order valence-corrected chi connectivity index (χ0v) is 21.1. The van der Waals surface area contributed by atoms with E-state index < -0.39 is 18.5 Å². The molecule has 4 rings (SSSR count). The van der Waals surface area contributed by atoms with Crippen LogP contribution in [0, 0.1) is 24.7 Å². The standard InChI is InChI=1S/C25H24BrClN2O5/c1-13-6-7-17-18(10-13)24(32)29(23(17)31)16-5-3-4-15(11-16)25(33)34-12-21(30)28-20-9-8-19(26)22(27)14(20)2/h3-5,8-9,11,13,17-18H,6-7,10,12H2,1-2H3,(H,28,30)/t13-,17+,18-/m0/s1. The van der Waals surface area contributed by atoms with Crippen molar-refractivity contribution < 1.29 is 23.9 Å². The van der Waals surface area contributed by atoms with E-state index in [9.17, 15) is 19.2 Å². The van der Waals surface area contributed by atoms with E-state index in [2.05, 4.69) is 28.2 Å². The van der Waals surface area contributed by atoms with E-state index in [0.717, 1.165) is 6.42 Å². The molecule has 3 amide bonds. The lowest BCUT2D eigenvalue weighted by Gasteiger charge is -2.25. The molecule has 7 nitrogen and oxygen atoms in total. The third-order valence-corrected chi connectivity index (χ3v) is 7.85. The van der Waals surface area contributed by atoms with Gasteiger partial charge in [0.25, 0.3) is 5.91 Å². The van der Waals surface area contributed by atoms with Crippen LogP contribution in [-0.4, -0.2) is 30.3 Å². The van der Waals surface area contributed by atoms with E-state index in [1.807, 2.05) is 0 Å². The molecule has 1 saturated carbocycles. The first-order valence-corrected chi connectivity index (χ1v) is 12.2. The van der Waals surface area contributed by atoms with Gasteiger partial charge in [-0.05, 0) is 83.9 Å². The first-order valence-electron chi connectivity index (χ1n) is 11.1. The number of hydrogen-bond donors (Lipinski definition) is 1. The minimum atomic E-state index is -0.729. The number of halogens is 2. The second-order valence-corrected chi connectivity index (χ2v) is 10.1. The lowest BCUT2D eigenvalue weighted by molar-refractivity contribution is -0.122. The Morgan fingerprint density at radius 2 is 1.88 bits per heavy atom. The summed E-state index contributed by atoms with van der Waals surface area (Å²) < 4.78 is 5.86. The smallest absolute Gasteiger partial charge is 0.338 e. The van der Waals surface area contributed by atoms with Gasteiger partial charge in [0.1, 0.15) is 0 Å². The number of benzene rings is 2. The molecule has 1 heterocycles. The molecule has 3 atom stereocenters. The molecule has 9 heteroatoms. The number of nitrogens with one attached hydrogen (secondary N) is 1. The maximum Gasteiger partial charge on any atom is 0.338 e. The van der Waals surface area contributed by atoms with Gasteiger partial charge < -0.3 is 10.1 Å². The van der Waals surface area contributed by atoms with E-state index >= 15 is 0 Å². The van der Waals surface area contributed by atoms with Crippen molar-refractivity contribution in [3.63, 3.8) is 0 Å². The van der Waals surface area contributed by atoms with E-state index in [1.54, 1.807) is 31.2 Å². The normalized spacial score (nSPS) is 21.9. The number of rotatable bonds is 5. The number of hydrogen-bond acceptors (Lipinski definition) is 5. The largest absolute Gasteiger partial charge is 0.452 e. The van der Waals surface area contributed by atoms with Crippen molar-refractivity contribution in [2.75, 3.05) is 16.8 Å². The molecular formula is C25H24BrClN2O5. The van der Waals surface area contributed by atoms with Gasteiger partial charge in [0.2, 0.25) is 11.8 Å². The van der Waals surface area contributed by atoms with Gasteiger partial charge in [-0.15, -0.1) is 0 Å². The quantitative estimate of drug-likeness (QED) is 0.414. The van der Waals surface area contributed by atoms with Gasteiger partial charge in [-0.25, -0.2) is 4.79 Å². The van der Waals surface area contributed by atoms with E-state index in [-0.39, 0.29) is 29.2 Å². The SMILES string of the molecule is Cc1c(NC(=O)COC(=O)c2cccc(N3C(=O)[C@H]4C[C@@H](C)CC[C@H]4C3=O)c2)ccc(Br)c1Cl. The van der Waals surface area contributed by atoms with Crippen LogP contribution >= 0.6 is 27.5 Å². The highest BCUT2D eigenvalue weighted by Crippen LogP contribution is 2.42. The van der Waals surface area contributed by atoms with Crippen molar-refractivity contribution in [1.29, 1.82) is 0 Å². The molecule has 1 aliphatic heterocycles. The Balaban J connectivity index is 1.41. The van der Waals surface area contributed by atoms with Gasteiger partial charge in [-0.3, -0.25) is 19.3 Å². The molecule has 0 bridgehead atoms. The first kappa shape index (κ1) is 24.4. The van der Waals surface area contributed by atoms with Crippen molar-refractivity contribution in [3.05, 3.63) is 57.0 Å². The molecule has 1 saturated heterocycles. The van der Waals surface area contributed by atoms with Gasteiger partial charge in [0.15, 0.2) is 6.61 Å². The number of imide groups is 1. The van der Waals surface area contributed by atoms with Gasteiger partial charge >= 0.3 is 5.97 Å². The fraction of sp³-hybridized carbons (Fsp3) is 0.360. The zero-order chi connectivity index (χ0) is 24.6. The Kier molecular flexibility index (Phi) is 7.09. The minimum Gasteiger partial charge on any atom is -0.452 e. The average Bonchev–Trinajstić information content (AvgIpc) is 3.07. The number of carbonyl (C=O) groups is 4. The molecule has 0 radical (unpaired) electrons. The van der Waals surface area contributed by atoms with Crippen molar-refractivity contribution >= 4 is 62.6 Å². The lowest BCUT2D eigenvalue weighted by Crippen LogP contribution is -2.31. The number of ether oxygens (including phenoxy) is 1. The Bertz CT molecular complexity index is 1180. The second-order valence-electron chi connectivity index (χ2n) is 8.85. The van der Waals surface area contributed by atoms with E-state index in [4.69, 9.17) is 16.3 Å². The molecule has 0 spiro atoms. The Hall–Kier alpha value is -2.71. The monoisotopic (exact) mass is 546 g/mol. The molecule has 0 unspecified atom stereocenters.